The lowest BCUT2D eigenvalue weighted by Gasteiger charge is -2.03. The van der Waals surface area contributed by atoms with Crippen molar-refractivity contribution in [2.24, 2.45) is 0 Å². The van der Waals surface area contributed by atoms with Crippen LogP contribution in [0.4, 0.5) is 0 Å². The minimum atomic E-state index is -0.484. The highest BCUT2D eigenvalue weighted by Crippen LogP contribution is 2.22. The van der Waals surface area contributed by atoms with E-state index in [1.807, 2.05) is 18.2 Å². The maximum atomic E-state index is 11.3. The number of pyridine rings is 1. The maximum Gasteiger partial charge on any atom is 0.356 e. The van der Waals surface area contributed by atoms with Crippen molar-refractivity contribution in [3.8, 4) is 0 Å². The van der Waals surface area contributed by atoms with Gasteiger partial charge < -0.3 is 4.74 Å². The number of para-hydroxylation sites is 1. The van der Waals surface area contributed by atoms with Crippen LogP contribution in [-0.4, -0.2) is 18.1 Å². The molecule has 3 nitrogen and oxygen atoms in total. The van der Waals surface area contributed by atoms with Gasteiger partial charge in [0.15, 0.2) is 5.69 Å². The first-order valence-corrected chi connectivity index (χ1v) is 4.74. The maximum absolute atomic E-state index is 11.3. The number of aromatic nitrogens is 1. The highest BCUT2D eigenvalue weighted by molar-refractivity contribution is 6.35. The predicted octanol–water partition coefficient (Wildman–Crippen LogP) is 2.67. The standard InChI is InChI=1S/C11H8ClNO2/c1-15-11(14)10-6-8(12)7-4-2-3-5-9(7)13-10/h2-6H,1H3. The van der Waals surface area contributed by atoms with E-state index < -0.39 is 5.97 Å². The zero-order valence-corrected chi connectivity index (χ0v) is 8.78. The summed E-state index contributed by atoms with van der Waals surface area (Å²) in [4.78, 5) is 15.4. The molecule has 2 aromatic rings. The molecule has 0 bridgehead atoms. The van der Waals surface area contributed by atoms with E-state index >= 15 is 0 Å². The Labute approximate surface area is 91.6 Å². The van der Waals surface area contributed by atoms with Crippen molar-refractivity contribution in [3.05, 3.63) is 41.0 Å². The van der Waals surface area contributed by atoms with Gasteiger partial charge in [-0.1, -0.05) is 29.8 Å². The molecule has 1 heterocycles. The fourth-order valence-corrected chi connectivity index (χ4v) is 1.61. The van der Waals surface area contributed by atoms with Gasteiger partial charge in [-0.25, -0.2) is 9.78 Å². The number of ether oxygens (including phenoxy) is 1. The molecule has 0 saturated heterocycles. The molecule has 0 atom stereocenters. The molecule has 0 radical (unpaired) electrons. The predicted molar refractivity (Wildman–Crippen MR) is 58.1 cm³/mol. The van der Waals surface area contributed by atoms with Crippen molar-refractivity contribution in [1.29, 1.82) is 0 Å². The Morgan fingerprint density at radius 3 is 2.87 bits per heavy atom. The summed E-state index contributed by atoms with van der Waals surface area (Å²) in [6, 6.07) is 8.87. The number of carbonyl (C=O) groups excluding carboxylic acids is 1. The Bertz CT molecular complexity index is 525. The van der Waals surface area contributed by atoms with Crippen LogP contribution in [0.3, 0.4) is 0 Å². The summed E-state index contributed by atoms with van der Waals surface area (Å²) in [5.74, 6) is -0.484. The third-order valence-corrected chi connectivity index (χ3v) is 2.37. The van der Waals surface area contributed by atoms with Gasteiger partial charge in [-0.15, -0.1) is 0 Å². The monoisotopic (exact) mass is 221 g/mol. The average molecular weight is 222 g/mol. The summed E-state index contributed by atoms with van der Waals surface area (Å²) in [6.07, 6.45) is 0. The highest BCUT2D eigenvalue weighted by Gasteiger charge is 2.10. The molecule has 0 saturated carbocycles. The number of hydrogen-bond donors (Lipinski definition) is 0. The normalized spacial score (nSPS) is 10.3. The quantitative estimate of drug-likeness (QED) is 0.695. The van der Waals surface area contributed by atoms with Crippen molar-refractivity contribution in [3.63, 3.8) is 0 Å². The number of nitrogens with zero attached hydrogens (tertiary/aromatic N) is 1. The van der Waals surface area contributed by atoms with Gasteiger partial charge in [-0.2, -0.15) is 0 Å². The van der Waals surface area contributed by atoms with Crippen LogP contribution in [0.2, 0.25) is 5.02 Å². The SMILES string of the molecule is COC(=O)c1cc(Cl)c2ccccc2n1. The van der Waals surface area contributed by atoms with Gasteiger partial charge in [0.1, 0.15) is 0 Å². The van der Waals surface area contributed by atoms with Crippen LogP contribution in [0, 0.1) is 0 Å². The lowest BCUT2D eigenvalue weighted by Crippen LogP contribution is -2.04. The molecule has 1 aromatic heterocycles. The number of fused-ring (bicyclic) bond motifs is 1. The number of hydrogen-bond acceptors (Lipinski definition) is 3. The smallest absolute Gasteiger partial charge is 0.356 e. The van der Waals surface area contributed by atoms with Crippen molar-refractivity contribution in [2.75, 3.05) is 7.11 Å². The zero-order chi connectivity index (χ0) is 10.8. The Morgan fingerprint density at radius 2 is 2.13 bits per heavy atom. The Hall–Kier alpha value is -1.61. The van der Waals surface area contributed by atoms with Crippen LogP contribution in [0.5, 0.6) is 0 Å². The van der Waals surface area contributed by atoms with E-state index in [0.29, 0.717) is 10.5 Å². The Morgan fingerprint density at radius 1 is 1.40 bits per heavy atom. The van der Waals surface area contributed by atoms with Crippen LogP contribution in [0.25, 0.3) is 10.9 Å². The molecule has 0 spiro atoms. The number of halogens is 1. The van der Waals surface area contributed by atoms with E-state index in [9.17, 15) is 4.79 Å². The minimum Gasteiger partial charge on any atom is -0.464 e. The third kappa shape index (κ3) is 1.78. The van der Waals surface area contributed by atoms with Crippen LogP contribution in [-0.2, 0) is 4.74 Å². The third-order valence-electron chi connectivity index (χ3n) is 2.06. The van der Waals surface area contributed by atoms with Gasteiger partial charge in [0.2, 0.25) is 0 Å². The first kappa shape index (κ1) is 9.93. The van der Waals surface area contributed by atoms with E-state index in [-0.39, 0.29) is 5.69 Å². The van der Waals surface area contributed by atoms with E-state index in [1.54, 1.807) is 6.07 Å². The average Bonchev–Trinajstić information content (AvgIpc) is 2.28. The van der Waals surface area contributed by atoms with Gasteiger partial charge >= 0.3 is 5.97 Å². The molecule has 0 aliphatic heterocycles. The Kier molecular flexibility index (Phi) is 2.56. The molecule has 0 aliphatic carbocycles. The number of esters is 1. The summed E-state index contributed by atoms with van der Waals surface area (Å²) in [5, 5.41) is 1.33. The second kappa shape index (κ2) is 3.87. The number of benzene rings is 1. The molecule has 0 amide bonds. The van der Waals surface area contributed by atoms with Gasteiger partial charge in [0.25, 0.3) is 0 Å². The lowest BCUT2D eigenvalue weighted by molar-refractivity contribution is 0.0594. The fraction of sp³-hybridized carbons (Fsp3) is 0.0909. The second-order valence-electron chi connectivity index (χ2n) is 3.00. The largest absolute Gasteiger partial charge is 0.464 e. The first-order valence-electron chi connectivity index (χ1n) is 4.36. The summed E-state index contributed by atoms with van der Waals surface area (Å²) in [7, 11) is 1.31. The van der Waals surface area contributed by atoms with Gasteiger partial charge in [0, 0.05) is 5.39 Å². The number of carbonyl (C=O) groups is 1. The summed E-state index contributed by atoms with van der Waals surface area (Å²) >= 11 is 6.02. The van der Waals surface area contributed by atoms with E-state index in [1.165, 1.54) is 13.2 Å². The molecule has 1 aromatic carbocycles. The van der Waals surface area contributed by atoms with Gasteiger partial charge in [0.05, 0.1) is 17.6 Å². The molecule has 0 fully saturated rings. The molecule has 2 rings (SSSR count). The molecule has 0 aliphatic rings. The number of methoxy groups -OCH3 is 1. The van der Waals surface area contributed by atoms with Gasteiger partial charge in [-0.3, -0.25) is 0 Å². The molecule has 15 heavy (non-hydrogen) atoms. The summed E-state index contributed by atoms with van der Waals surface area (Å²) in [6.45, 7) is 0. The van der Waals surface area contributed by atoms with Crippen molar-refractivity contribution in [1.82, 2.24) is 4.98 Å². The highest BCUT2D eigenvalue weighted by atomic mass is 35.5. The fourth-order valence-electron chi connectivity index (χ4n) is 1.34. The molecular weight excluding hydrogens is 214 g/mol. The molecule has 76 valence electrons. The summed E-state index contributed by atoms with van der Waals surface area (Å²) in [5.41, 5.74) is 0.909. The zero-order valence-electron chi connectivity index (χ0n) is 8.03. The second-order valence-corrected chi connectivity index (χ2v) is 3.41. The van der Waals surface area contributed by atoms with Crippen molar-refractivity contribution in [2.45, 2.75) is 0 Å². The molecule has 4 heteroatoms. The van der Waals surface area contributed by atoms with Crippen LogP contribution < -0.4 is 0 Å². The van der Waals surface area contributed by atoms with Gasteiger partial charge in [-0.05, 0) is 12.1 Å². The van der Waals surface area contributed by atoms with Crippen molar-refractivity contribution >= 4 is 28.5 Å². The molecule has 0 N–H and O–H groups in total. The molecule has 0 unspecified atom stereocenters. The molecular formula is C11H8ClNO2. The van der Waals surface area contributed by atoms with Crippen LogP contribution >= 0.6 is 11.6 Å². The first-order chi connectivity index (χ1) is 7.22. The van der Waals surface area contributed by atoms with Crippen LogP contribution in [0.1, 0.15) is 10.5 Å². The lowest BCUT2D eigenvalue weighted by atomic mass is 10.2. The summed E-state index contributed by atoms with van der Waals surface area (Å²) < 4.78 is 4.58. The van der Waals surface area contributed by atoms with Crippen LogP contribution in [0.15, 0.2) is 30.3 Å². The topological polar surface area (TPSA) is 39.2 Å². The Balaban J connectivity index is 2.67. The minimum absolute atomic E-state index is 0.223. The van der Waals surface area contributed by atoms with Crippen molar-refractivity contribution < 1.29 is 9.53 Å². The van der Waals surface area contributed by atoms with E-state index in [2.05, 4.69) is 9.72 Å². The van der Waals surface area contributed by atoms with E-state index in [4.69, 9.17) is 11.6 Å². The number of rotatable bonds is 1. The van der Waals surface area contributed by atoms with E-state index in [0.717, 1.165) is 5.39 Å².